The quantitative estimate of drug-likeness (QED) is 0.153. The van der Waals surface area contributed by atoms with Gasteiger partial charge in [-0.05, 0) is 106 Å². The number of nitrogens with one attached hydrogen (secondary N) is 4. The van der Waals surface area contributed by atoms with Crippen LogP contribution in [0.25, 0.3) is 0 Å². The molecule has 0 radical (unpaired) electrons. The molecule has 2 aliphatic rings. The summed E-state index contributed by atoms with van der Waals surface area (Å²) in [5, 5.41) is 14.6. The number of nitrogens with zero attached hydrogens (tertiary/aromatic N) is 8. The van der Waals surface area contributed by atoms with Crippen molar-refractivity contribution in [1.29, 1.82) is 0 Å². The molecule has 4 heterocycles. The van der Waals surface area contributed by atoms with E-state index in [1.165, 1.54) is 0 Å². The van der Waals surface area contributed by atoms with E-state index >= 15 is 0 Å². The van der Waals surface area contributed by atoms with Gasteiger partial charge < -0.3 is 30.7 Å². The Balaban J connectivity index is 1.29. The number of methoxy groups -OCH3 is 2. The molecule has 0 amide bonds. The van der Waals surface area contributed by atoms with Gasteiger partial charge in [-0.15, -0.1) is 0 Å². The van der Waals surface area contributed by atoms with Gasteiger partial charge in [0.05, 0.1) is 14.2 Å². The standard InChI is InChI=1S/C34H58N12O2/c1-21-23(19-31(3,4)45-33(21,7)8)37-27-39-25(41-29(43-27)47-11)35-17-15-13-14-16-18-36-26-40-28(44-30(42-26)48-12)38-24-20-32(5,6)46-34(9,10)22(24)2/h17-18,21-24,45-46H,13-16,19-20H2,1-12H3,(H,37,39,41,43)(H,38,40,42,44). The molecule has 4 unspecified atom stereocenters. The Labute approximate surface area is 286 Å². The van der Waals surface area contributed by atoms with Crippen LogP contribution in [0.5, 0.6) is 12.0 Å². The van der Waals surface area contributed by atoms with E-state index in [0.717, 1.165) is 38.5 Å². The van der Waals surface area contributed by atoms with Crippen molar-refractivity contribution in [3.05, 3.63) is 0 Å². The Bertz CT molecular complexity index is 1330. The molecule has 0 bridgehead atoms. The minimum absolute atomic E-state index is 0.0183. The molecule has 14 heteroatoms. The summed E-state index contributed by atoms with van der Waals surface area (Å²) in [7, 11) is 3.10. The van der Waals surface area contributed by atoms with Crippen molar-refractivity contribution >= 4 is 36.2 Å². The van der Waals surface area contributed by atoms with Crippen LogP contribution in [0.15, 0.2) is 9.98 Å². The molecule has 2 aliphatic heterocycles. The average molecular weight is 667 g/mol. The highest BCUT2D eigenvalue weighted by Gasteiger charge is 2.44. The maximum absolute atomic E-state index is 5.35. The second kappa shape index (κ2) is 14.9. The van der Waals surface area contributed by atoms with Gasteiger partial charge in [-0.1, -0.05) is 13.8 Å². The van der Waals surface area contributed by atoms with Crippen molar-refractivity contribution in [1.82, 2.24) is 40.5 Å². The first-order valence-corrected chi connectivity index (χ1v) is 17.2. The maximum Gasteiger partial charge on any atom is 0.322 e. The molecule has 0 aliphatic carbocycles. The monoisotopic (exact) mass is 666 g/mol. The highest BCUT2D eigenvalue weighted by atomic mass is 16.5. The molecule has 2 fully saturated rings. The van der Waals surface area contributed by atoms with E-state index in [1.54, 1.807) is 14.2 Å². The fourth-order valence-electron chi connectivity index (χ4n) is 7.10. The van der Waals surface area contributed by atoms with Gasteiger partial charge in [0, 0.05) is 46.7 Å². The predicted molar refractivity (Wildman–Crippen MR) is 193 cm³/mol. The third-order valence-electron chi connectivity index (χ3n) is 9.80. The lowest BCUT2D eigenvalue weighted by molar-refractivity contribution is 0.109. The van der Waals surface area contributed by atoms with E-state index in [2.05, 4.69) is 130 Å². The first kappa shape index (κ1) is 37.3. The molecule has 2 aromatic rings. The third-order valence-corrected chi connectivity index (χ3v) is 9.80. The van der Waals surface area contributed by atoms with Crippen LogP contribution >= 0.6 is 0 Å². The van der Waals surface area contributed by atoms with Crippen molar-refractivity contribution in [2.45, 2.75) is 142 Å². The third kappa shape index (κ3) is 10.0. The topological polar surface area (TPSA) is 169 Å². The summed E-state index contributed by atoms with van der Waals surface area (Å²) in [5.41, 5.74) is -0.117. The molecule has 48 heavy (non-hydrogen) atoms. The Kier molecular flexibility index (Phi) is 11.6. The van der Waals surface area contributed by atoms with E-state index in [0.29, 0.717) is 35.6 Å². The normalized spacial score (nSPS) is 26.0. The van der Waals surface area contributed by atoms with Gasteiger partial charge in [0.2, 0.25) is 11.9 Å². The van der Waals surface area contributed by atoms with Crippen LogP contribution in [-0.2, 0) is 0 Å². The van der Waals surface area contributed by atoms with Gasteiger partial charge in [0.25, 0.3) is 11.9 Å². The highest BCUT2D eigenvalue weighted by Crippen LogP contribution is 2.36. The molecule has 14 nitrogen and oxygen atoms in total. The molecular weight excluding hydrogens is 608 g/mol. The molecule has 4 N–H and O–H groups in total. The van der Waals surface area contributed by atoms with Crippen molar-refractivity contribution in [3.63, 3.8) is 0 Å². The van der Waals surface area contributed by atoms with Crippen LogP contribution < -0.4 is 30.7 Å². The van der Waals surface area contributed by atoms with Gasteiger partial charge in [0.1, 0.15) is 0 Å². The molecule has 4 atom stereocenters. The van der Waals surface area contributed by atoms with Crippen molar-refractivity contribution in [3.8, 4) is 12.0 Å². The maximum atomic E-state index is 5.35. The Morgan fingerprint density at radius 1 is 0.646 bits per heavy atom. The summed E-state index contributed by atoms with van der Waals surface area (Å²) in [4.78, 5) is 35.7. The van der Waals surface area contributed by atoms with E-state index in [1.807, 2.05) is 12.4 Å². The summed E-state index contributed by atoms with van der Waals surface area (Å²) < 4.78 is 10.7. The number of hydrogen-bond donors (Lipinski definition) is 4. The molecular formula is C34H58N12O2. The van der Waals surface area contributed by atoms with Crippen molar-refractivity contribution in [2.75, 3.05) is 24.9 Å². The van der Waals surface area contributed by atoms with Crippen LogP contribution in [0.1, 0.15) is 108 Å². The predicted octanol–water partition coefficient (Wildman–Crippen LogP) is 5.67. The van der Waals surface area contributed by atoms with E-state index in [4.69, 9.17) is 9.47 Å². The largest absolute Gasteiger partial charge is 0.467 e. The van der Waals surface area contributed by atoms with Gasteiger partial charge in [0.15, 0.2) is 0 Å². The Morgan fingerprint density at radius 2 is 1.02 bits per heavy atom. The van der Waals surface area contributed by atoms with Gasteiger partial charge >= 0.3 is 12.0 Å². The molecule has 2 saturated heterocycles. The Morgan fingerprint density at radius 3 is 1.38 bits per heavy atom. The minimum atomic E-state index is -0.0403. The van der Waals surface area contributed by atoms with E-state index in [9.17, 15) is 0 Å². The van der Waals surface area contributed by atoms with Gasteiger partial charge in [-0.2, -0.15) is 29.9 Å². The fraction of sp³-hybridized carbons (Fsp3) is 0.765. The smallest absolute Gasteiger partial charge is 0.322 e. The number of aliphatic imine (C=N–C) groups is 2. The van der Waals surface area contributed by atoms with Crippen molar-refractivity contribution < 1.29 is 9.47 Å². The number of hydrogen-bond acceptors (Lipinski definition) is 14. The fourth-order valence-corrected chi connectivity index (χ4v) is 7.10. The molecule has 266 valence electrons. The van der Waals surface area contributed by atoms with Crippen LogP contribution in [0.3, 0.4) is 0 Å². The summed E-state index contributed by atoms with van der Waals surface area (Å²) in [6, 6.07) is 0.840. The van der Waals surface area contributed by atoms with Gasteiger partial charge in [-0.25, -0.2) is 9.98 Å². The zero-order valence-corrected chi connectivity index (χ0v) is 31.1. The number of aromatic nitrogens is 6. The second-order valence-corrected chi connectivity index (χ2v) is 15.7. The molecule has 0 aromatic carbocycles. The minimum Gasteiger partial charge on any atom is -0.467 e. The van der Waals surface area contributed by atoms with Crippen LogP contribution in [-0.4, -0.2) is 90.8 Å². The summed E-state index contributed by atoms with van der Waals surface area (Å²) >= 11 is 0. The average Bonchev–Trinajstić information content (AvgIpc) is 2.98. The molecule has 0 saturated carbocycles. The zero-order valence-electron chi connectivity index (χ0n) is 31.1. The Hall–Kier alpha value is -3.52. The molecule has 0 spiro atoms. The van der Waals surface area contributed by atoms with Crippen molar-refractivity contribution in [2.24, 2.45) is 21.8 Å². The van der Waals surface area contributed by atoms with E-state index < -0.39 is 0 Å². The number of rotatable bonds is 13. The SMILES string of the molecule is COc1nc(N=CCCCCC=Nc2nc(NC3CC(C)(C)NC(C)(C)C3C)nc(OC)n2)nc(NC2CC(C)(C)NC(C)(C)C2C)n1. The lowest BCUT2D eigenvalue weighted by Crippen LogP contribution is -2.65. The first-order chi connectivity index (χ1) is 22.4. The summed E-state index contributed by atoms with van der Waals surface area (Å²) in [6.07, 6.45) is 8.93. The number of anilines is 2. The van der Waals surface area contributed by atoms with Crippen LogP contribution in [0, 0.1) is 11.8 Å². The summed E-state index contributed by atoms with van der Waals surface area (Å²) in [5.74, 6) is 2.29. The van der Waals surface area contributed by atoms with Crippen LogP contribution in [0.2, 0.25) is 0 Å². The molecule has 4 rings (SSSR count). The summed E-state index contributed by atoms with van der Waals surface area (Å²) in [6.45, 7) is 22.3. The van der Waals surface area contributed by atoms with E-state index in [-0.39, 0.29) is 46.3 Å². The lowest BCUT2D eigenvalue weighted by Gasteiger charge is -2.51. The van der Waals surface area contributed by atoms with Crippen LogP contribution in [0.4, 0.5) is 23.8 Å². The number of piperidine rings is 2. The number of unbranched alkanes of at least 4 members (excludes halogenated alkanes) is 3. The lowest BCUT2D eigenvalue weighted by atomic mass is 9.72. The number of ether oxygens (including phenoxy) is 2. The van der Waals surface area contributed by atoms with Gasteiger partial charge in [-0.3, -0.25) is 0 Å². The molecule has 2 aromatic heterocycles. The highest BCUT2D eigenvalue weighted by molar-refractivity contribution is 5.62. The first-order valence-electron chi connectivity index (χ1n) is 17.2. The zero-order chi connectivity index (χ0) is 35.3. The second-order valence-electron chi connectivity index (χ2n) is 15.7.